The molecule has 0 aromatic heterocycles. The standard InChI is InChI=1S/C34H38O7/c1-4-6-7-8-11-26-12-14-27(15-13-26)34(37)41-31-21-20-30(24-25(31)3)40-33(36)28-16-18-29(19-17-28)38-22-9-10-23-39-32(35)5-2/h5,12-21,24H,2,4,6-11,22-23H2,1,3H3. The molecule has 0 N–H and O–H groups in total. The van der Waals surface area contributed by atoms with Crippen molar-refractivity contribution in [3.63, 3.8) is 0 Å². The van der Waals surface area contributed by atoms with Crippen LogP contribution in [0.15, 0.2) is 79.4 Å². The zero-order chi connectivity index (χ0) is 29.5. The lowest BCUT2D eigenvalue weighted by molar-refractivity contribution is -0.137. The van der Waals surface area contributed by atoms with Crippen molar-refractivity contribution in [1.29, 1.82) is 0 Å². The molecule has 7 nitrogen and oxygen atoms in total. The largest absolute Gasteiger partial charge is 0.494 e. The minimum atomic E-state index is -0.514. The molecule has 0 bridgehead atoms. The van der Waals surface area contributed by atoms with Gasteiger partial charge in [-0.05, 0) is 98.3 Å². The lowest BCUT2D eigenvalue weighted by atomic mass is 10.0. The van der Waals surface area contributed by atoms with E-state index in [1.54, 1.807) is 61.5 Å². The highest BCUT2D eigenvalue weighted by Crippen LogP contribution is 2.25. The molecular formula is C34H38O7. The normalized spacial score (nSPS) is 10.5. The quantitative estimate of drug-likeness (QED) is 0.0781. The first kappa shape index (κ1) is 31.1. The number of carbonyl (C=O) groups is 3. The topological polar surface area (TPSA) is 88.1 Å². The molecule has 0 fully saturated rings. The van der Waals surface area contributed by atoms with Crippen LogP contribution in [0.25, 0.3) is 0 Å². The smallest absolute Gasteiger partial charge is 0.343 e. The summed E-state index contributed by atoms with van der Waals surface area (Å²) < 4.78 is 21.7. The molecule has 0 aliphatic heterocycles. The second-order valence-corrected chi connectivity index (χ2v) is 9.67. The molecule has 3 aromatic carbocycles. The van der Waals surface area contributed by atoms with Gasteiger partial charge in [0.15, 0.2) is 0 Å². The fraction of sp³-hybridized carbons (Fsp3) is 0.324. The first-order valence-corrected chi connectivity index (χ1v) is 14.1. The van der Waals surface area contributed by atoms with Gasteiger partial charge in [-0.15, -0.1) is 0 Å². The molecule has 0 atom stereocenters. The van der Waals surface area contributed by atoms with Crippen LogP contribution in [0.4, 0.5) is 0 Å². The molecule has 0 saturated carbocycles. The maximum Gasteiger partial charge on any atom is 0.343 e. The van der Waals surface area contributed by atoms with Crippen LogP contribution in [0.2, 0.25) is 0 Å². The number of hydrogen-bond acceptors (Lipinski definition) is 7. The summed E-state index contributed by atoms with van der Waals surface area (Å²) in [7, 11) is 0. The van der Waals surface area contributed by atoms with Crippen LogP contribution < -0.4 is 14.2 Å². The summed E-state index contributed by atoms with van der Waals surface area (Å²) in [6, 6.07) is 19.1. The van der Waals surface area contributed by atoms with Gasteiger partial charge < -0.3 is 18.9 Å². The minimum Gasteiger partial charge on any atom is -0.494 e. The molecule has 0 amide bonds. The number of aryl methyl sites for hydroxylation is 2. The van der Waals surface area contributed by atoms with Crippen molar-refractivity contribution in [2.75, 3.05) is 13.2 Å². The monoisotopic (exact) mass is 558 g/mol. The molecule has 0 unspecified atom stereocenters. The first-order chi connectivity index (χ1) is 19.9. The van der Waals surface area contributed by atoms with Crippen LogP contribution in [-0.2, 0) is 16.0 Å². The summed E-state index contributed by atoms with van der Waals surface area (Å²) in [6.45, 7) is 8.10. The highest BCUT2D eigenvalue weighted by molar-refractivity contribution is 5.92. The molecule has 216 valence electrons. The predicted octanol–water partition coefficient (Wildman–Crippen LogP) is 7.44. The van der Waals surface area contributed by atoms with Gasteiger partial charge in [-0.2, -0.15) is 0 Å². The van der Waals surface area contributed by atoms with E-state index in [0.717, 1.165) is 18.9 Å². The van der Waals surface area contributed by atoms with Crippen molar-refractivity contribution in [1.82, 2.24) is 0 Å². The van der Waals surface area contributed by atoms with Crippen LogP contribution in [0.5, 0.6) is 17.2 Å². The Labute approximate surface area is 242 Å². The van der Waals surface area contributed by atoms with Crippen LogP contribution in [0, 0.1) is 6.92 Å². The number of ether oxygens (including phenoxy) is 4. The Morgan fingerprint density at radius 2 is 1.37 bits per heavy atom. The predicted molar refractivity (Wildman–Crippen MR) is 158 cm³/mol. The average molecular weight is 559 g/mol. The molecular weight excluding hydrogens is 520 g/mol. The summed E-state index contributed by atoms with van der Waals surface area (Å²) in [4.78, 5) is 36.3. The molecule has 41 heavy (non-hydrogen) atoms. The van der Waals surface area contributed by atoms with Gasteiger partial charge in [-0.25, -0.2) is 14.4 Å². The Kier molecular flexibility index (Phi) is 12.6. The van der Waals surface area contributed by atoms with Gasteiger partial charge in [0.05, 0.1) is 24.3 Å². The Bertz CT molecular complexity index is 1290. The Balaban J connectivity index is 1.45. The number of esters is 3. The number of benzene rings is 3. The Morgan fingerprint density at radius 1 is 0.732 bits per heavy atom. The van der Waals surface area contributed by atoms with E-state index in [0.29, 0.717) is 60.0 Å². The highest BCUT2D eigenvalue weighted by Gasteiger charge is 2.14. The van der Waals surface area contributed by atoms with Crippen molar-refractivity contribution >= 4 is 17.9 Å². The van der Waals surface area contributed by atoms with E-state index < -0.39 is 17.9 Å². The second-order valence-electron chi connectivity index (χ2n) is 9.67. The van der Waals surface area contributed by atoms with Crippen molar-refractivity contribution in [2.45, 2.75) is 58.8 Å². The van der Waals surface area contributed by atoms with Crippen LogP contribution in [0.3, 0.4) is 0 Å². The molecule has 0 spiro atoms. The third-order valence-electron chi connectivity index (χ3n) is 6.38. The van der Waals surface area contributed by atoms with E-state index in [1.807, 2.05) is 12.1 Å². The van der Waals surface area contributed by atoms with Gasteiger partial charge in [-0.1, -0.05) is 44.9 Å². The summed E-state index contributed by atoms with van der Waals surface area (Å²) in [5.41, 5.74) is 2.73. The van der Waals surface area contributed by atoms with Crippen molar-refractivity contribution in [3.05, 3.63) is 102 Å². The third-order valence-corrected chi connectivity index (χ3v) is 6.38. The number of unbranched alkanes of at least 4 members (excludes halogenated alkanes) is 4. The molecule has 3 aromatic rings. The first-order valence-electron chi connectivity index (χ1n) is 14.1. The van der Waals surface area contributed by atoms with E-state index in [-0.39, 0.29) is 0 Å². The van der Waals surface area contributed by atoms with E-state index in [1.165, 1.54) is 24.8 Å². The molecule has 3 rings (SSSR count). The molecule has 0 aliphatic rings. The molecule has 0 saturated heterocycles. The fourth-order valence-electron chi connectivity index (χ4n) is 4.00. The van der Waals surface area contributed by atoms with E-state index in [2.05, 4.69) is 13.5 Å². The maximum absolute atomic E-state index is 12.7. The van der Waals surface area contributed by atoms with Crippen molar-refractivity contribution < 1.29 is 33.3 Å². The SMILES string of the molecule is C=CC(=O)OCCCCOc1ccc(C(=O)Oc2ccc(OC(=O)c3ccc(CCCCCC)cc3)c(C)c2)cc1. The van der Waals surface area contributed by atoms with Crippen LogP contribution in [-0.4, -0.2) is 31.1 Å². The van der Waals surface area contributed by atoms with Gasteiger partial charge in [0.2, 0.25) is 0 Å². The highest BCUT2D eigenvalue weighted by atomic mass is 16.5. The van der Waals surface area contributed by atoms with Gasteiger partial charge in [0.1, 0.15) is 17.2 Å². The molecule has 0 heterocycles. The van der Waals surface area contributed by atoms with E-state index >= 15 is 0 Å². The van der Waals surface area contributed by atoms with Crippen LogP contribution in [0.1, 0.15) is 77.3 Å². The zero-order valence-electron chi connectivity index (χ0n) is 23.9. The number of hydrogen-bond donors (Lipinski definition) is 0. The van der Waals surface area contributed by atoms with Gasteiger partial charge in [-0.3, -0.25) is 0 Å². The zero-order valence-corrected chi connectivity index (χ0v) is 23.9. The van der Waals surface area contributed by atoms with Gasteiger partial charge in [0.25, 0.3) is 0 Å². The third kappa shape index (κ3) is 10.6. The molecule has 0 aliphatic carbocycles. The van der Waals surface area contributed by atoms with Gasteiger partial charge in [0, 0.05) is 6.08 Å². The average Bonchev–Trinajstić information content (AvgIpc) is 2.98. The minimum absolute atomic E-state index is 0.314. The van der Waals surface area contributed by atoms with Gasteiger partial charge >= 0.3 is 17.9 Å². The summed E-state index contributed by atoms with van der Waals surface area (Å²) in [6.07, 6.45) is 8.33. The van der Waals surface area contributed by atoms with Crippen molar-refractivity contribution in [3.8, 4) is 17.2 Å². The second kappa shape index (κ2) is 16.7. The Morgan fingerprint density at radius 3 is 2.02 bits per heavy atom. The number of rotatable bonds is 16. The van der Waals surface area contributed by atoms with Crippen LogP contribution >= 0.6 is 0 Å². The van der Waals surface area contributed by atoms with Crippen molar-refractivity contribution in [2.24, 2.45) is 0 Å². The summed E-state index contributed by atoms with van der Waals surface area (Å²) in [5.74, 6) is -0.0230. The lowest BCUT2D eigenvalue weighted by Gasteiger charge is -2.11. The lowest BCUT2D eigenvalue weighted by Crippen LogP contribution is -2.10. The van der Waals surface area contributed by atoms with E-state index in [9.17, 15) is 14.4 Å². The fourth-order valence-corrected chi connectivity index (χ4v) is 4.00. The molecule has 7 heteroatoms. The summed E-state index contributed by atoms with van der Waals surface area (Å²) >= 11 is 0. The van der Waals surface area contributed by atoms with E-state index in [4.69, 9.17) is 18.9 Å². The number of carbonyl (C=O) groups excluding carboxylic acids is 3. The summed E-state index contributed by atoms with van der Waals surface area (Å²) in [5, 5.41) is 0. The Hall–Kier alpha value is -4.39. The maximum atomic E-state index is 12.7. The molecule has 0 radical (unpaired) electrons.